The number of nitrogens with zero attached hydrogens (tertiary/aromatic N) is 1. The summed E-state index contributed by atoms with van der Waals surface area (Å²) < 4.78 is 5.60. The summed E-state index contributed by atoms with van der Waals surface area (Å²) in [7, 11) is 0. The SMILES string of the molecule is CC(O)C(C)N1CCOC(C)(C)C1. The maximum Gasteiger partial charge on any atom is 0.0753 e. The predicted molar refractivity (Wildman–Crippen MR) is 52.7 cm³/mol. The molecule has 0 spiro atoms. The molecule has 2 unspecified atom stereocenters. The molecule has 1 heterocycles. The molecule has 1 aliphatic heterocycles. The Morgan fingerprint density at radius 3 is 2.46 bits per heavy atom. The molecule has 1 rings (SSSR count). The Labute approximate surface area is 80.7 Å². The van der Waals surface area contributed by atoms with Gasteiger partial charge in [0.25, 0.3) is 0 Å². The molecule has 2 atom stereocenters. The summed E-state index contributed by atoms with van der Waals surface area (Å²) in [5.74, 6) is 0. The van der Waals surface area contributed by atoms with Crippen LogP contribution in [0, 0.1) is 0 Å². The van der Waals surface area contributed by atoms with E-state index in [9.17, 15) is 5.11 Å². The van der Waals surface area contributed by atoms with E-state index in [-0.39, 0.29) is 17.7 Å². The van der Waals surface area contributed by atoms with Crippen LogP contribution in [0.5, 0.6) is 0 Å². The van der Waals surface area contributed by atoms with Gasteiger partial charge in [-0.25, -0.2) is 0 Å². The highest BCUT2D eigenvalue weighted by molar-refractivity contribution is 4.83. The van der Waals surface area contributed by atoms with Crippen LogP contribution < -0.4 is 0 Å². The molecule has 78 valence electrons. The van der Waals surface area contributed by atoms with E-state index in [1.165, 1.54) is 0 Å². The standard InChI is InChI=1S/C10H21NO2/c1-8(9(2)12)11-5-6-13-10(3,4)7-11/h8-9,12H,5-7H2,1-4H3. The number of ether oxygens (including phenoxy) is 1. The smallest absolute Gasteiger partial charge is 0.0753 e. The monoisotopic (exact) mass is 187 g/mol. The zero-order chi connectivity index (χ0) is 10.1. The Bertz CT molecular complexity index is 168. The van der Waals surface area contributed by atoms with Crippen LogP contribution in [0.2, 0.25) is 0 Å². The quantitative estimate of drug-likeness (QED) is 0.696. The highest BCUT2D eigenvalue weighted by Crippen LogP contribution is 2.19. The van der Waals surface area contributed by atoms with Gasteiger partial charge in [0.05, 0.1) is 18.3 Å². The van der Waals surface area contributed by atoms with Gasteiger partial charge in [0.15, 0.2) is 0 Å². The van der Waals surface area contributed by atoms with Crippen molar-refractivity contribution in [2.75, 3.05) is 19.7 Å². The zero-order valence-electron chi connectivity index (χ0n) is 9.08. The van der Waals surface area contributed by atoms with Crippen molar-refractivity contribution < 1.29 is 9.84 Å². The van der Waals surface area contributed by atoms with E-state index < -0.39 is 0 Å². The van der Waals surface area contributed by atoms with Crippen molar-refractivity contribution >= 4 is 0 Å². The number of aliphatic hydroxyl groups excluding tert-OH is 1. The van der Waals surface area contributed by atoms with Crippen molar-refractivity contribution in [1.29, 1.82) is 0 Å². The van der Waals surface area contributed by atoms with Gasteiger partial charge in [-0.2, -0.15) is 0 Å². The Hall–Kier alpha value is -0.120. The summed E-state index contributed by atoms with van der Waals surface area (Å²) >= 11 is 0. The third-order valence-electron chi connectivity index (χ3n) is 2.73. The van der Waals surface area contributed by atoms with Crippen LogP contribution in [0.3, 0.4) is 0 Å². The van der Waals surface area contributed by atoms with Crippen LogP contribution in [0.1, 0.15) is 27.7 Å². The third-order valence-corrected chi connectivity index (χ3v) is 2.73. The van der Waals surface area contributed by atoms with Crippen molar-refractivity contribution in [3.8, 4) is 0 Å². The molecule has 0 aromatic rings. The fraction of sp³-hybridized carbons (Fsp3) is 1.00. The molecule has 0 bridgehead atoms. The minimum Gasteiger partial charge on any atom is -0.392 e. The van der Waals surface area contributed by atoms with Crippen LogP contribution in [0.25, 0.3) is 0 Å². The van der Waals surface area contributed by atoms with Crippen molar-refractivity contribution in [1.82, 2.24) is 4.90 Å². The van der Waals surface area contributed by atoms with E-state index in [2.05, 4.69) is 25.7 Å². The summed E-state index contributed by atoms with van der Waals surface area (Å²) in [6, 6.07) is 0.225. The van der Waals surface area contributed by atoms with Gasteiger partial charge in [0, 0.05) is 19.1 Å². The highest BCUT2D eigenvalue weighted by atomic mass is 16.5. The first-order valence-electron chi connectivity index (χ1n) is 4.98. The molecule has 1 aliphatic rings. The second-order valence-electron chi connectivity index (χ2n) is 4.56. The topological polar surface area (TPSA) is 32.7 Å². The maximum atomic E-state index is 9.46. The maximum absolute atomic E-state index is 9.46. The fourth-order valence-corrected chi connectivity index (χ4v) is 1.71. The van der Waals surface area contributed by atoms with Crippen LogP contribution in [-0.2, 0) is 4.74 Å². The van der Waals surface area contributed by atoms with Crippen molar-refractivity contribution in [3.63, 3.8) is 0 Å². The lowest BCUT2D eigenvalue weighted by molar-refractivity contribution is -0.106. The summed E-state index contributed by atoms with van der Waals surface area (Å²) in [4.78, 5) is 2.29. The van der Waals surface area contributed by atoms with Crippen LogP contribution in [-0.4, -0.2) is 47.4 Å². The average Bonchev–Trinajstić information content (AvgIpc) is 2.01. The Kier molecular flexibility index (Phi) is 3.33. The molecule has 0 saturated carbocycles. The molecule has 3 nitrogen and oxygen atoms in total. The molecule has 0 radical (unpaired) electrons. The zero-order valence-corrected chi connectivity index (χ0v) is 9.08. The summed E-state index contributed by atoms with van der Waals surface area (Å²) in [6.07, 6.45) is -0.270. The lowest BCUT2D eigenvalue weighted by Crippen LogP contribution is -2.53. The fourth-order valence-electron chi connectivity index (χ4n) is 1.71. The first kappa shape index (κ1) is 11.0. The summed E-state index contributed by atoms with van der Waals surface area (Å²) in [5.41, 5.74) is -0.0681. The van der Waals surface area contributed by atoms with Crippen molar-refractivity contribution in [2.45, 2.75) is 45.4 Å². The molecule has 0 amide bonds. The molecular formula is C10H21NO2. The summed E-state index contributed by atoms with van der Waals surface area (Å²) in [6.45, 7) is 10.7. The minimum atomic E-state index is -0.270. The molecule has 0 aromatic carbocycles. The third kappa shape index (κ3) is 2.93. The van der Waals surface area contributed by atoms with Crippen LogP contribution in [0.4, 0.5) is 0 Å². The molecule has 1 N–H and O–H groups in total. The van der Waals surface area contributed by atoms with Crippen LogP contribution in [0.15, 0.2) is 0 Å². The second-order valence-corrected chi connectivity index (χ2v) is 4.56. The van der Waals surface area contributed by atoms with Gasteiger partial charge in [0.2, 0.25) is 0 Å². The predicted octanol–water partition coefficient (Wildman–Crippen LogP) is 0.866. The van der Waals surface area contributed by atoms with Gasteiger partial charge in [-0.05, 0) is 27.7 Å². The van der Waals surface area contributed by atoms with Gasteiger partial charge in [-0.3, -0.25) is 4.90 Å². The normalized spacial score (nSPS) is 28.4. The van der Waals surface area contributed by atoms with Gasteiger partial charge in [-0.15, -0.1) is 0 Å². The molecule has 13 heavy (non-hydrogen) atoms. The number of morpholine rings is 1. The average molecular weight is 187 g/mol. The lowest BCUT2D eigenvalue weighted by atomic mass is 10.0. The Morgan fingerprint density at radius 2 is 2.00 bits per heavy atom. The van der Waals surface area contributed by atoms with E-state index in [0.29, 0.717) is 0 Å². The van der Waals surface area contributed by atoms with E-state index in [1.807, 2.05) is 6.92 Å². The molecular weight excluding hydrogens is 166 g/mol. The molecule has 1 saturated heterocycles. The molecule has 0 aromatic heterocycles. The number of hydrogen-bond acceptors (Lipinski definition) is 3. The molecule has 0 aliphatic carbocycles. The minimum absolute atomic E-state index is 0.0681. The van der Waals surface area contributed by atoms with Gasteiger partial charge >= 0.3 is 0 Å². The largest absolute Gasteiger partial charge is 0.392 e. The van der Waals surface area contributed by atoms with E-state index in [4.69, 9.17) is 4.74 Å². The van der Waals surface area contributed by atoms with Crippen molar-refractivity contribution in [3.05, 3.63) is 0 Å². The first-order valence-corrected chi connectivity index (χ1v) is 4.98. The van der Waals surface area contributed by atoms with Crippen LogP contribution >= 0.6 is 0 Å². The second kappa shape index (κ2) is 3.95. The van der Waals surface area contributed by atoms with E-state index in [1.54, 1.807) is 0 Å². The number of aliphatic hydroxyl groups is 1. The van der Waals surface area contributed by atoms with E-state index >= 15 is 0 Å². The number of hydrogen-bond donors (Lipinski definition) is 1. The van der Waals surface area contributed by atoms with Gasteiger partial charge in [-0.1, -0.05) is 0 Å². The lowest BCUT2D eigenvalue weighted by Gasteiger charge is -2.42. The Balaban J connectivity index is 2.51. The highest BCUT2D eigenvalue weighted by Gasteiger charge is 2.30. The van der Waals surface area contributed by atoms with Crippen molar-refractivity contribution in [2.24, 2.45) is 0 Å². The molecule has 1 fully saturated rings. The summed E-state index contributed by atoms with van der Waals surface area (Å²) in [5, 5.41) is 9.46. The first-order chi connectivity index (χ1) is 5.92. The Morgan fingerprint density at radius 1 is 1.38 bits per heavy atom. The molecule has 3 heteroatoms. The van der Waals surface area contributed by atoms with E-state index in [0.717, 1.165) is 19.7 Å². The van der Waals surface area contributed by atoms with Gasteiger partial charge in [0.1, 0.15) is 0 Å². The van der Waals surface area contributed by atoms with Gasteiger partial charge < -0.3 is 9.84 Å². The number of rotatable bonds is 2.